The fraction of sp³-hybridized carbons (Fsp3) is 0.167. The molecule has 1 N–H and O–H groups in total. The Morgan fingerprint density at radius 2 is 2.00 bits per heavy atom. The number of aromatic nitrogens is 2. The van der Waals surface area contributed by atoms with Crippen molar-refractivity contribution >= 4 is 11.5 Å². The monoisotopic (exact) mass is 280 g/mol. The highest BCUT2D eigenvalue weighted by molar-refractivity contribution is 5.77. The molecule has 0 atom stereocenters. The van der Waals surface area contributed by atoms with Gasteiger partial charge < -0.3 is 5.32 Å². The molecule has 104 valence electrons. The lowest BCUT2D eigenvalue weighted by molar-refractivity contribution is -0.383. The fourth-order valence-electron chi connectivity index (χ4n) is 1.79. The maximum absolute atomic E-state index is 14.1. The number of aryl methyl sites for hydroxylation is 1. The maximum Gasteiger partial charge on any atom is 0.337 e. The van der Waals surface area contributed by atoms with Crippen LogP contribution in [0, 0.1) is 28.7 Å². The van der Waals surface area contributed by atoms with Gasteiger partial charge in [-0.3, -0.25) is 10.1 Å². The Bertz CT molecular complexity index is 691. The van der Waals surface area contributed by atoms with Crippen LogP contribution in [0.2, 0.25) is 0 Å². The molecule has 20 heavy (non-hydrogen) atoms. The third-order valence-corrected chi connectivity index (χ3v) is 2.76. The van der Waals surface area contributed by atoms with Crippen molar-refractivity contribution in [2.45, 2.75) is 6.92 Å². The van der Waals surface area contributed by atoms with Crippen LogP contribution in [0.5, 0.6) is 0 Å². The van der Waals surface area contributed by atoms with Crippen LogP contribution in [-0.4, -0.2) is 21.9 Å². The molecule has 1 aromatic carbocycles. The molecule has 1 heterocycles. The second-order valence-electron chi connectivity index (χ2n) is 3.98. The van der Waals surface area contributed by atoms with Crippen molar-refractivity contribution in [2.75, 3.05) is 12.4 Å². The predicted molar refractivity (Wildman–Crippen MR) is 68.3 cm³/mol. The van der Waals surface area contributed by atoms with Gasteiger partial charge in [0.15, 0.2) is 5.69 Å². The van der Waals surface area contributed by atoms with E-state index in [0.717, 1.165) is 12.4 Å². The van der Waals surface area contributed by atoms with Gasteiger partial charge in [-0.1, -0.05) is 6.07 Å². The number of nitrogens with zero attached hydrogens (tertiary/aromatic N) is 3. The molecule has 0 aliphatic heterocycles. The van der Waals surface area contributed by atoms with E-state index in [1.807, 2.05) is 0 Å². The average molecular weight is 280 g/mol. The highest BCUT2D eigenvalue weighted by Gasteiger charge is 2.28. The molecular formula is C12H10F2N4O2. The zero-order chi connectivity index (χ0) is 14.9. The first kappa shape index (κ1) is 13.8. The lowest BCUT2D eigenvalue weighted by Gasteiger charge is -2.09. The van der Waals surface area contributed by atoms with E-state index in [4.69, 9.17) is 0 Å². The number of rotatable bonds is 3. The Balaban J connectivity index is 2.83. The molecule has 0 spiro atoms. The minimum atomic E-state index is -0.919. The smallest absolute Gasteiger partial charge is 0.337 e. The lowest BCUT2D eigenvalue weighted by Crippen LogP contribution is -2.05. The van der Waals surface area contributed by atoms with E-state index in [9.17, 15) is 18.9 Å². The molecule has 2 rings (SSSR count). The largest absolute Gasteiger partial charge is 0.367 e. The van der Waals surface area contributed by atoms with Crippen LogP contribution < -0.4 is 5.32 Å². The van der Waals surface area contributed by atoms with Crippen molar-refractivity contribution < 1.29 is 13.7 Å². The summed E-state index contributed by atoms with van der Waals surface area (Å²) in [4.78, 5) is 17.7. The molecule has 1 aromatic heterocycles. The van der Waals surface area contributed by atoms with Crippen LogP contribution in [0.1, 0.15) is 5.56 Å². The maximum atomic E-state index is 14.1. The zero-order valence-electron chi connectivity index (χ0n) is 10.6. The molecule has 0 saturated heterocycles. The Kier molecular flexibility index (Phi) is 3.55. The van der Waals surface area contributed by atoms with Crippen molar-refractivity contribution in [1.82, 2.24) is 9.97 Å². The Hall–Kier alpha value is -2.64. The first-order chi connectivity index (χ1) is 9.47. The van der Waals surface area contributed by atoms with E-state index in [0.29, 0.717) is 0 Å². The minimum Gasteiger partial charge on any atom is -0.367 e. The molecule has 0 saturated carbocycles. The summed E-state index contributed by atoms with van der Waals surface area (Å²) in [6.45, 7) is 1.43. The van der Waals surface area contributed by atoms with Gasteiger partial charge in [0.25, 0.3) is 0 Å². The SMILES string of the molecule is CNc1ncnc(-c2c(F)ccc(C)c2F)c1[N+](=O)[O-]. The molecule has 0 unspecified atom stereocenters. The van der Waals surface area contributed by atoms with Crippen LogP contribution >= 0.6 is 0 Å². The Labute approximate surface area is 112 Å². The van der Waals surface area contributed by atoms with E-state index in [2.05, 4.69) is 15.3 Å². The molecule has 2 aromatic rings. The molecule has 0 radical (unpaired) electrons. The highest BCUT2D eigenvalue weighted by atomic mass is 19.1. The second-order valence-corrected chi connectivity index (χ2v) is 3.98. The van der Waals surface area contributed by atoms with Gasteiger partial charge in [0.2, 0.25) is 5.82 Å². The Morgan fingerprint density at radius 3 is 2.60 bits per heavy atom. The quantitative estimate of drug-likeness (QED) is 0.690. The molecule has 8 heteroatoms. The predicted octanol–water partition coefficient (Wildman–Crippen LogP) is 2.68. The van der Waals surface area contributed by atoms with E-state index in [-0.39, 0.29) is 11.4 Å². The number of hydrogen-bond donors (Lipinski definition) is 1. The zero-order valence-corrected chi connectivity index (χ0v) is 10.6. The normalized spacial score (nSPS) is 10.4. The number of nitrogens with one attached hydrogen (secondary N) is 1. The summed E-state index contributed by atoms with van der Waals surface area (Å²) in [6.07, 6.45) is 1.01. The second kappa shape index (κ2) is 5.16. The van der Waals surface area contributed by atoms with Gasteiger partial charge in [0.05, 0.1) is 10.5 Å². The van der Waals surface area contributed by atoms with E-state index >= 15 is 0 Å². The van der Waals surface area contributed by atoms with Gasteiger partial charge in [0, 0.05) is 7.05 Å². The van der Waals surface area contributed by atoms with Crippen LogP contribution in [0.25, 0.3) is 11.3 Å². The van der Waals surface area contributed by atoms with Crippen molar-refractivity contribution in [1.29, 1.82) is 0 Å². The Morgan fingerprint density at radius 1 is 1.30 bits per heavy atom. The minimum absolute atomic E-state index is 0.111. The molecular weight excluding hydrogens is 270 g/mol. The van der Waals surface area contributed by atoms with Gasteiger partial charge in [-0.2, -0.15) is 0 Å². The summed E-state index contributed by atoms with van der Waals surface area (Å²) >= 11 is 0. The number of benzene rings is 1. The van der Waals surface area contributed by atoms with E-state index < -0.39 is 33.5 Å². The first-order valence-electron chi connectivity index (χ1n) is 5.59. The van der Waals surface area contributed by atoms with Gasteiger partial charge in [-0.15, -0.1) is 0 Å². The lowest BCUT2D eigenvalue weighted by atomic mass is 10.1. The molecule has 0 bridgehead atoms. The molecule has 0 aliphatic rings. The first-order valence-corrected chi connectivity index (χ1v) is 5.59. The van der Waals surface area contributed by atoms with Crippen molar-refractivity contribution in [3.8, 4) is 11.3 Å². The van der Waals surface area contributed by atoms with Crippen LogP contribution in [0.15, 0.2) is 18.5 Å². The summed E-state index contributed by atoms with van der Waals surface area (Å²) < 4.78 is 27.9. The number of halogens is 2. The fourth-order valence-corrected chi connectivity index (χ4v) is 1.79. The third kappa shape index (κ3) is 2.15. The number of nitro groups is 1. The number of anilines is 1. The van der Waals surface area contributed by atoms with Crippen molar-refractivity contribution in [2.24, 2.45) is 0 Å². The summed E-state index contributed by atoms with van der Waals surface area (Å²) in [5, 5.41) is 13.6. The summed E-state index contributed by atoms with van der Waals surface area (Å²) in [7, 11) is 1.42. The van der Waals surface area contributed by atoms with Crippen molar-refractivity contribution in [3.63, 3.8) is 0 Å². The van der Waals surface area contributed by atoms with Gasteiger partial charge in [0.1, 0.15) is 18.0 Å². The topological polar surface area (TPSA) is 81.0 Å². The van der Waals surface area contributed by atoms with Crippen LogP contribution in [0.4, 0.5) is 20.3 Å². The average Bonchev–Trinajstić information content (AvgIpc) is 2.42. The number of hydrogen-bond acceptors (Lipinski definition) is 5. The van der Waals surface area contributed by atoms with Crippen LogP contribution in [-0.2, 0) is 0 Å². The van der Waals surface area contributed by atoms with Crippen molar-refractivity contribution in [3.05, 3.63) is 45.8 Å². The third-order valence-electron chi connectivity index (χ3n) is 2.76. The summed E-state index contributed by atoms with van der Waals surface area (Å²) in [6, 6.07) is 2.29. The van der Waals surface area contributed by atoms with E-state index in [1.165, 1.54) is 20.0 Å². The molecule has 0 amide bonds. The molecule has 0 fully saturated rings. The standard InChI is InChI=1S/C12H10F2N4O2/c1-6-3-4-7(13)8(9(6)14)10-11(18(19)20)12(15-2)17-5-16-10/h3-5H,1-2H3,(H,15,16,17). The highest BCUT2D eigenvalue weighted by Crippen LogP contribution is 2.36. The van der Waals surface area contributed by atoms with Gasteiger partial charge >= 0.3 is 5.69 Å². The molecule has 6 nitrogen and oxygen atoms in total. The summed E-state index contributed by atoms with van der Waals surface area (Å²) in [5.74, 6) is -1.91. The van der Waals surface area contributed by atoms with E-state index in [1.54, 1.807) is 0 Å². The molecule has 0 aliphatic carbocycles. The van der Waals surface area contributed by atoms with Crippen LogP contribution in [0.3, 0.4) is 0 Å². The summed E-state index contributed by atoms with van der Waals surface area (Å²) in [5.41, 5.74) is -1.33. The van der Waals surface area contributed by atoms with Gasteiger partial charge in [-0.05, 0) is 18.6 Å². The van der Waals surface area contributed by atoms with Gasteiger partial charge in [-0.25, -0.2) is 18.7 Å².